The van der Waals surface area contributed by atoms with Gasteiger partial charge in [-0.25, -0.2) is 0 Å². The lowest BCUT2D eigenvalue weighted by Gasteiger charge is -2.19. The molecule has 0 aliphatic carbocycles. The lowest BCUT2D eigenvalue weighted by atomic mass is 10.2. The quantitative estimate of drug-likeness (QED) is 0.942. The number of hydrogen-bond donors (Lipinski definition) is 1. The van der Waals surface area contributed by atoms with Crippen LogP contribution in [0.25, 0.3) is 0 Å². The highest BCUT2D eigenvalue weighted by molar-refractivity contribution is 9.10. The minimum absolute atomic E-state index is 0.548. The Balaban J connectivity index is 2.18. The van der Waals surface area contributed by atoms with Gasteiger partial charge < -0.3 is 15.1 Å². The third-order valence-corrected chi connectivity index (χ3v) is 3.08. The summed E-state index contributed by atoms with van der Waals surface area (Å²) in [6, 6.07) is 8.19. The van der Waals surface area contributed by atoms with Crippen LogP contribution >= 0.6 is 15.9 Å². The predicted octanol–water partition coefficient (Wildman–Crippen LogP) is 3.14. The standard InChI is InChI=1S/C13H15BrN2O/c1-16(8-10-2-3-17-9-10)13-5-11(7-15)4-12(14)6-13/h2-6,9H,7-8,15H2,1H3. The molecule has 0 bridgehead atoms. The highest BCUT2D eigenvalue weighted by atomic mass is 79.9. The first-order valence-corrected chi connectivity index (χ1v) is 6.20. The minimum Gasteiger partial charge on any atom is -0.472 e. The summed E-state index contributed by atoms with van der Waals surface area (Å²) in [5.41, 5.74) is 9.08. The van der Waals surface area contributed by atoms with E-state index >= 15 is 0 Å². The Labute approximate surface area is 109 Å². The first kappa shape index (κ1) is 12.2. The third-order valence-electron chi connectivity index (χ3n) is 2.62. The third kappa shape index (κ3) is 3.11. The first-order chi connectivity index (χ1) is 8.19. The van der Waals surface area contributed by atoms with Crippen molar-refractivity contribution >= 4 is 21.6 Å². The zero-order chi connectivity index (χ0) is 12.3. The van der Waals surface area contributed by atoms with Gasteiger partial charge >= 0.3 is 0 Å². The SMILES string of the molecule is CN(Cc1ccoc1)c1cc(Br)cc(CN)c1. The van der Waals surface area contributed by atoms with E-state index < -0.39 is 0 Å². The number of rotatable bonds is 4. The Morgan fingerprint density at radius 1 is 1.29 bits per heavy atom. The number of nitrogens with two attached hydrogens (primary N) is 1. The molecule has 0 aliphatic heterocycles. The van der Waals surface area contributed by atoms with Crippen molar-refractivity contribution in [3.8, 4) is 0 Å². The van der Waals surface area contributed by atoms with E-state index in [2.05, 4.69) is 40.0 Å². The molecule has 3 nitrogen and oxygen atoms in total. The van der Waals surface area contributed by atoms with Gasteiger partial charge in [0.1, 0.15) is 0 Å². The molecular formula is C13H15BrN2O. The van der Waals surface area contributed by atoms with Gasteiger partial charge in [-0.3, -0.25) is 0 Å². The molecule has 0 saturated heterocycles. The molecule has 90 valence electrons. The summed E-state index contributed by atoms with van der Waals surface area (Å²) < 4.78 is 6.11. The van der Waals surface area contributed by atoms with Crippen molar-refractivity contribution in [2.75, 3.05) is 11.9 Å². The van der Waals surface area contributed by atoms with Gasteiger partial charge in [0.15, 0.2) is 0 Å². The first-order valence-electron chi connectivity index (χ1n) is 5.41. The molecular weight excluding hydrogens is 280 g/mol. The molecule has 1 aromatic carbocycles. The van der Waals surface area contributed by atoms with Gasteiger partial charge in [0.25, 0.3) is 0 Å². The normalized spacial score (nSPS) is 10.5. The van der Waals surface area contributed by atoms with Crippen LogP contribution in [0.15, 0.2) is 45.7 Å². The number of halogens is 1. The Bertz CT molecular complexity index is 482. The maximum Gasteiger partial charge on any atom is 0.0952 e. The zero-order valence-corrected chi connectivity index (χ0v) is 11.3. The fourth-order valence-corrected chi connectivity index (χ4v) is 2.25. The summed E-state index contributed by atoms with van der Waals surface area (Å²) in [7, 11) is 2.05. The minimum atomic E-state index is 0.548. The van der Waals surface area contributed by atoms with Crippen molar-refractivity contribution in [2.24, 2.45) is 5.73 Å². The van der Waals surface area contributed by atoms with Crippen molar-refractivity contribution in [2.45, 2.75) is 13.1 Å². The second-order valence-electron chi connectivity index (χ2n) is 4.01. The van der Waals surface area contributed by atoms with Crippen molar-refractivity contribution in [1.82, 2.24) is 0 Å². The number of nitrogens with zero attached hydrogens (tertiary/aromatic N) is 1. The number of benzene rings is 1. The van der Waals surface area contributed by atoms with E-state index in [-0.39, 0.29) is 0 Å². The van der Waals surface area contributed by atoms with Crippen LogP contribution in [0.2, 0.25) is 0 Å². The van der Waals surface area contributed by atoms with E-state index in [1.54, 1.807) is 12.5 Å². The number of anilines is 1. The van der Waals surface area contributed by atoms with Crippen LogP contribution in [-0.4, -0.2) is 7.05 Å². The van der Waals surface area contributed by atoms with Crippen LogP contribution in [0.4, 0.5) is 5.69 Å². The second kappa shape index (κ2) is 5.38. The molecule has 4 heteroatoms. The number of hydrogen-bond acceptors (Lipinski definition) is 3. The van der Waals surface area contributed by atoms with Crippen LogP contribution < -0.4 is 10.6 Å². The zero-order valence-electron chi connectivity index (χ0n) is 9.69. The summed E-state index contributed by atoms with van der Waals surface area (Å²) in [4.78, 5) is 2.16. The highest BCUT2D eigenvalue weighted by Crippen LogP contribution is 2.23. The molecule has 0 aliphatic rings. The van der Waals surface area contributed by atoms with Crippen molar-refractivity contribution < 1.29 is 4.42 Å². The van der Waals surface area contributed by atoms with Gasteiger partial charge in [-0.15, -0.1) is 0 Å². The maximum absolute atomic E-state index is 5.67. The summed E-state index contributed by atoms with van der Waals surface area (Å²) in [5.74, 6) is 0. The fourth-order valence-electron chi connectivity index (χ4n) is 1.72. The van der Waals surface area contributed by atoms with Gasteiger partial charge in [-0.05, 0) is 29.8 Å². The van der Waals surface area contributed by atoms with E-state index in [0.717, 1.165) is 27.8 Å². The lowest BCUT2D eigenvalue weighted by Crippen LogP contribution is -2.16. The second-order valence-corrected chi connectivity index (χ2v) is 4.93. The fraction of sp³-hybridized carbons (Fsp3) is 0.231. The Morgan fingerprint density at radius 3 is 2.76 bits per heavy atom. The topological polar surface area (TPSA) is 42.4 Å². The van der Waals surface area contributed by atoms with Crippen LogP contribution in [0, 0.1) is 0 Å². The average molecular weight is 295 g/mol. The molecule has 0 fully saturated rings. The summed E-state index contributed by atoms with van der Waals surface area (Å²) >= 11 is 3.50. The van der Waals surface area contributed by atoms with E-state index in [9.17, 15) is 0 Å². The van der Waals surface area contributed by atoms with E-state index in [1.807, 2.05) is 12.1 Å². The molecule has 0 amide bonds. The summed E-state index contributed by atoms with van der Waals surface area (Å²) in [6.45, 7) is 1.36. The molecule has 0 atom stereocenters. The van der Waals surface area contributed by atoms with Gasteiger partial charge in [0, 0.05) is 35.9 Å². The van der Waals surface area contributed by atoms with Crippen LogP contribution in [-0.2, 0) is 13.1 Å². The molecule has 2 aromatic rings. The molecule has 0 spiro atoms. The molecule has 0 unspecified atom stereocenters. The van der Waals surface area contributed by atoms with Crippen LogP contribution in [0.3, 0.4) is 0 Å². The molecule has 2 rings (SSSR count). The number of furan rings is 1. The van der Waals surface area contributed by atoms with Crippen molar-refractivity contribution in [1.29, 1.82) is 0 Å². The molecule has 17 heavy (non-hydrogen) atoms. The molecule has 0 radical (unpaired) electrons. The van der Waals surface area contributed by atoms with Gasteiger partial charge in [0.05, 0.1) is 12.5 Å². The van der Waals surface area contributed by atoms with Crippen molar-refractivity contribution in [3.63, 3.8) is 0 Å². The summed E-state index contributed by atoms with van der Waals surface area (Å²) in [6.07, 6.45) is 3.45. The molecule has 0 saturated carbocycles. The lowest BCUT2D eigenvalue weighted by molar-refractivity contribution is 0.563. The molecule has 2 N–H and O–H groups in total. The Kier molecular flexibility index (Phi) is 3.86. The monoisotopic (exact) mass is 294 g/mol. The maximum atomic E-state index is 5.67. The van der Waals surface area contributed by atoms with Crippen molar-refractivity contribution in [3.05, 3.63) is 52.4 Å². The average Bonchev–Trinajstić information content (AvgIpc) is 2.81. The Morgan fingerprint density at radius 2 is 2.12 bits per heavy atom. The van der Waals surface area contributed by atoms with Gasteiger partial charge in [0.2, 0.25) is 0 Å². The van der Waals surface area contributed by atoms with Crippen LogP contribution in [0.1, 0.15) is 11.1 Å². The van der Waals surface area contributed by atoms with Gasteiger partial charge in [-0.1, -0.05) is 15.9 Å². The smallest absolute Gasteiger partial charge is 0.0952 e. The van der Waals surface area contributed by atoms with E-state index in [1.165, 1.54) is 0 Å². The van der Waals surface area contributed by atoms with Gasteiger partial charge in [-0.2, -0.15) is 0 Å². The van der Waals surface area contributed by atoms with Crippen LogP contribution in [0.5, 0.6) is 0 Å². The van der Waals surface area contributed by atoms with E-state index in [0.29, 0.717) is 6.54 Å². The molecule has 1 aromatic heterocycles. The van der Waals surface area contributed by atoms with E-state index in [4.69, 9.17) is 10.2 Å². The predicted molar refractivity (Wildman–Crippen MR) is 72.8 cm³/mol. The Hall–Kier alpha value is -1.26. The largest absolute Gasteiger partial charge is 0.472 e. The highest BCUT2D eigenvalue weighted by Gasteiger charge is 2.05. The summed E-state index contributed by atoms with van der Waals surface area (Å²) in [5, 5.41) is 0. The molecule has 1 heterocycles.